The van der Waals surface area contributed by atoms with E-state index in [0.717, 1.165) is 41.7 Å². The summed E-state index contributed by atoms with van der Waals surface area (Å²) in [5, 5.41) is 18.4. The van der Waals surface area contributed by atoms with Crippen molar-refractivity contribution in [2.24, 2.45) is 17.3 Å². The normalized spacial score (nSPS) is 25.4. The molecule has 5 nitrogen and oxygen atoms in total. The van der Waals surface area contributed by atoms with Crippen LogP contribution >= 0.6 is 0 Å². The highest BCUT2D eigenvalue weighted by molar-refractivity contribution is 6.17. The molecule has 0 radical (unpaired) electrons. The van der Waals surface area contributed by atoms with Gasteiger partial charge in [-0.15, -0.1) is 0 Å². The Bertz CT molecular complexity index is 1070. The number of pyridine rings is 1. The maximum absolute atomic E-state index is 12.8. The van der Waals surface area contributed by atoms with Crippen molar-refractivity contribution < 1.29 is 9.90 Å². The second-order valence-electron chi connectivity index (χ2n) is 9.82. The quantitative estimate of drug-likeness (QED) is 0.621. The minimum atomic E-state index is -1.20. The molecule has 5 heteroatoms. The van der Waals surface area contributed by atoms with Gasteiger partial charge in [-0.1, -0.05) is 52.8 Å². The van der Waals surface area contributed by atoms with Crippen LogP contribution in [-0.4, -0.2) is 21.4 Å². The summed E-state index contributed by atoms with van der Waals surface area (Å²) in [6, 6.07) is 1.56. The van der Waals surface area contributed by atoms with E-state index in [0.29, 0.717) is 11.6 Å². The zero-order valence-electron chi connectivity index (χ0n) is 19.5. The van der Waals surface area contributed by atoms with Crippen LogP contribution in [0.5, 0.6) is 0 Å². The maximum Gasteiger partial charge on any atom is 0.341 e. The molecular weight excluding hydrogens is 388 g/mol. The Morgan fingerprint density at radius 2 is 2.06 bits per heavy atom. The smallest absolute Gasteiger partial charge is 0.341 e. The van der Waals surface area contributed by atoms with Crippen LogP contribution in [0.3, 0.4) is 0 Å². The highest BCUT2D eigenvalue weighted by atomic mass is 16.4. The lowest BCUT2D eigenvalue weighted by atomic mass is 9.82. The predicted octanol–water partition coefficient (Wildman–Crippen LogP) is 5.88. The Morgan fingerprint density at radius 1 is 1.39 bits per heavy atom. The number of hydrogen-bond donors (Lipinski definition) is 2. The van der Waals surface area contributed by atoms with Crippen LogP contribution in [0, 0.1) is 22.7 Å². The fraction of sp³-hybridized carbons (Fsp3) is 0.500. The van der Waals surface area contributed by atoms with Gasteiger partial charge in [0.1, 0.15) is 5.56 Å². The van der Waals surface area contributed by atoms with Crippen LogP contribution in [0.2, 0.25) is 0 Å². The Hall–Kier alpha value is -2.69. The van der Waals surface area contributed by atoms with E-state index in [-0.39, 0.29) is 22.9 Å². The zero-order valence-corrected chi connectivity index (χ0v) is 19.5. The third kappa shape index (κ3) is 4.10. The van der Waals surface area contributed by atoms with Crippen LogP contribution in [0.15, 0.2) is 46.4 Å². The molecule has 166 valence electrons. The monoisotopic (exact) mass is 422 g/mol. The molecule has 1 aromatic rings. The largest absolute Gasteiger partial charge is 0.477 e. The lowest BCUT2D eigenvalue weighted by Gasteiger charge is -2.36. The molecule has 0 aliphatic heterocycles. The SMILES string of the molecule is CCC(C)/C(=C1/C=CC=C(C)C1=N)c1cc(=O)c(C(=O)O)cn1C1C(C)CCC1(C)C. The summed E-state index contributed by atoms with van der Waals surface area (Å²) in [4.78, 5) is 24.7. The van der Waals surface area contributed by atoms with Crippen molar-refractivity contribution in [2.75, 3.05) is 0 Å². The summed E-state index contributed by atoms with van der Waals surface area (Å²) in [5.41, 5.74) is 3.13. The molecule has 0 aromatic carbocycles. The average Bonchev–Trinajstić information content (AvgIpc) is 2.97. The second-order valence-corrected chi connectivity index (χ2v) is 9.82. The number of rotatable bonds is 5. The summed E-state index contributed by atoms with van der Waals surface area (Å²) >= 11 is 0. The molecule has 0 bridgehead atoms. The van der Waals surface area contributed by atoms with E-state index < -0.39 is 11.4 Å². The van der Waals surface area contributed by atoms with Crippen molar-refractivity contribution in [3.8, 4) is 0 Å². The van der Waals surface area contributed by atoms with Gasteiger partial charge in [0, 0.05) is 29.6 Å². The molecule has 2 N–H and O–H groups in total. The van der Waals surface area contributed by atoms with Gasteiger partial charge in [0.15, 0.2) is 5.43 Å². The molecule has 1 aromatic heterocycles. The molecule has 3 unspecified atom stereocenters. The maximum atomic E-state index is 12.8. The molecule has 1 fully saturated rings. The molecule has 1 saturated carbocycles. The summed E-state index contributed by atoms with van der Waals surface area (Å²) < 4.78 is 2.05. The number of nitrogens with one attached hydrogen (secondary N) is 1. The first kappa shape index (κ1) is 23.0. The fourth-order valence-corrected chi connectivity index (χ4v) is 5.23. The lowest BCUT2D eigenvalue weighted by molar-refractivity contribution is 0.0693. The summed E-state index contributed by atoms with van der Waals surface area (Å²) in [6.45, 7) is 12.8. The Labute approximate surface area is 184 Å². The minimum absolute atomic E-state index is 0.0318. The molecule has 0 spiro atoms. The first-order valence-corrected chi connectivity index (χ1v) is 11.2. The average molecular weight is 423 g/mol. The lowest BCUT2D eigenvalue weighted by Crippen LogP contribution is -2.31. The topological polar surface area (TPSA) is 83.2 Å². The summed E-state index contributed by atoms with van der Waals surface area (Å²) in [6.07, 6.45) is 10.3. The van der Waals surface area contributed by atoms with Crippen molar-refractivity contribution in [1.29, 1.82) is 5.41 Å². The molecule has 0 saturated heterocycles. The Balaban J connectivity index is 2.40. The van der Waals surface area contributed by atoms with Gasteiger partial charge in [0.05, 0.1) is 5.71 Å². The number of allylic oxidation sites excluding steroid dienone is 6. The number of aromatic nitrogens is 1. The van der Waals surface area contributed by atoms with E-state index >= 15 is 0 Å². The molecule has 3 rings (SSSR count). The van der Waals surface area contributed by atoms with Gasteiger partial charge in [0.25, 0.3) is 0 Å². The van der Waals surface area contributed by atoms with Gasteiger partial charge in [-0.25, -0.2) is 4.79 Å². The van der Waals surface area contributed by atoms with Crippen molar-refractivity contribution >= 4 is 17.3 Å². The molecule has 1 heterocycles. The van der Waals surface area contributed by atoms with E-state index in [9.17, 15) is 14.7 Å². The van der Waals surface area contributed by atoms with Crippen LogP contribution in [0.4, 0.5) is 0 Å². The van der Waals surface area contributed by atoms with E-state index in [1.165, 1.54) is 6.07 Å². The number of carbonyl (C=O) groups is 1. The fourth-order valence-electron chi connectivity index (χ4n) is 5.23. The van der Waals surface area contributed by atoms with Crippen LogP contribution in [0.25, 0.3) is 5.57 Å². The minimum Gasteiger partial charge on any atom is -0.477 e. The third-order valence-corrected chi connectivity index (χ3v) is 7.14. The molecule has 2 aliphatic rings. The number of aromatic carboxylic acids is 1. The summed E-state index contributed by atoms with van der Waals surface area (Å²) in [7, 11) is 0. The zero-order chi connectivity index (χ0) is 23.1. The number of nitrogens with zero attached hydrogens (tertiary/aromatic N) is 1. The highest BCUT2D eigenvalue weighted by Crippen LogP contribution is 2.50. The van der Waals surface area contributed by atoms with Gasteiger partial charge >= 0.3 is 5.97 Å². The summed E-state index contributed by atoms with van der Waals surface area (Å²) in [5.74, 6) is -0.744. The van der Waals surface area contributed by atoms with E-state index in [1.54, 1.807) is 6.20 Å². The molecule has 3 atom stereocenters. The van der Waals surface area contributed by atoms with Gasteiger partial charge in [-0.05, 0) is 54.6 Å². The number of carboxylic acid groups (broad SMARTS) is 1. The van der Waals surface area contributed by atoms with Crippen molar-refractivity contribution in [3.05, 3.63) is 63.1 Å². The van der Waals surface area contributed by atoms with E-state index in [2.05, 4.69) is 34.6 Å². The Morgan fingerprint density at radius 3 is 2.61 bits per heavy atom. The van der Waals surface area contributed by atoms with Gasteiger partial charge in [0.2, 0.25) is 0 Å². The van der Waals surface area contributed by atoms with Gasteiger partial charge in [-0.3, -0.25) is 10.2 Å². The first-order chi connectivity index (χ1) is 14.5. The van der Waals surface area contributed by atoms with Crippen LogP contribution < -0.4 is 5.43 Å². The molecule has 31 heavy (non-hydrogen) atoms. The van der Waals surface area contributed by atoms with Crippen LogP contribution in [-0.2, 0) is 0 Å². The molecule has 0 amide bonds. The number of carboxylic acids is 1. The highest BCUT2D eigenvalue weighted by Gasteiger charge is 2.42. The first-order valence-electron chi connectivity index (χ1n) is 11.2. The van der Waals surface area contributed by atoms with Crippen LogP contribution in [0.1, 0.15) is 82.9 Å². The predicted molar refractivity (Wildman–Crippen MR) is 126 cm³/mol. The third-order valence-electron chi connectivity index (χ3n) is 7.14. The van der Waals surface area contributed by atoms with E-state index in [4.69, 9.17) is 5.41 Å². The van der Waals surface area contributed by atoms with E-state index in [1.807, 2.05) is 29.7 Å². The molecular formula is C26H34N2O3. The van der Waals surface area contributed by atoms with Gasteiger partial charge in [-0.2, -0.15) is 0 Å². The molecule has 2 aliphatic carbocycles. The van der Waals surface area contributed by atoms with Crippen molar-refractivity contribution in [1.82, 2.24) is 4.57 Å². The second kappa shape index (κ2) is 8.45. The van der Waals surface area contributed by atoms with Crippen molar-refractivity contribution in [3.63, 3.8) is 0 Å². The van der Waals surface area contributed by atoms with Crippen molar-refractivity contribution in [2.45, 2.75) is 66.8 Å². The Kier molecular flexibility index (Phi) is 6.26. The number of hydrogen-bond acceptors (Lipinski definition) is 3. The standard InChI is InChI=1S/C26H34N2O3/c1-7-15(2)22(18-10-8-9-16(3)23(18)27)20-13-21(29)19(25(30)31)14-28(20)24-17(4)11-12-26(24,5)6/h8-10,13-15,17,24,27H,7,11-12H2,1-6H3,(H,30,31)/b22-18+,27-23?. The van der Waals surface area contributed by atoms with Gasteiger partial charge < -0.3 is 9.67 Å².